The van der Waals surface area contributed by atoms with Crippen molar-refractivity contribution in [1.29, 1.82) is 0 Å². The van der Waals surface area contributed by atoms with E-state index in [-0.39, 0.29) is 6.54 Å². The minimum Gasteiger partial charge on any atom is -0.480 e. The van der Waals surface area contributed by atoms with Crippen LogP contribution in [0.15, 0.2) is 0 Å². The van der Waals surface area contributed by atoms with E-state index in [2.05, 4.69) is 30.7 Å². The number of aliphatic carboxylic acids is 1. The normalized spacial score (nSPS) is 22.9. The van der Waals surface area contributed by atoms with Crippen LogP contribution in [0.3, 0.4) is 0 Å². The van der Waals surface area contributed by atoms with Crippen molar-refractivity contribution in [2.75, 3.05) is 33.2 Å². The number of hydrogen-bond acceptors (Lipinski definition) is 3. The number of nitrogens with zero attached hydrogens (tertiary/aromatic N) is 2. The van der Waals surface area contributed by atoms with E-state index in [4.69, 9.17) is 5.11 Å². The van der Waals surface area contributed by atoms with E-state index in [1.807, 2.05) is 0 Å². The quantitative estimate of drug-likeness (QED) is 0.766. The molecule has 1 aliphatic rings. The minimum absolute atomic E-state index is 0.165. The summed E-state index contributed by atoms with van der Waals surface area (Å²) in [6.07, 6.45) is 2.47. The van der Waals surface area contributed by atoms with Crippen LogP contribution in [-0.2, 0) is 4.79 Å². The van der Waals surface area contributed by atoms with Crippen molar-refractivity contribution in [3.05, 3.63) is 0 Å². The van der Waals surface area contributed by atoms with E-state index < -0.39 is 5.97 Å². The van der Waals surface area contributed by atoms with Gasteiger partial charge in [0.15, 0.2) is 0 Å². The van der Waals surface area contributed by atoms with Gasteiger partial charge in [0.05, 0.1) is 6.54 Å². The lowest BCUT2D eigenvalue weighted by Gasteiger charge is -2.34. The van der Waals surface area contributed by atoms with Gasteiger partial charge in [0.2, 0.25) is 0 Å². The van der Waals surface area contributed by atoms with Crippen molar-refractivity contribution >= 4 is 5.97 Å². The second kappa shape index (κ2) is 6.21. The molecule has 1 aliphatic heterocycles. The van der Waals surface area contributed by atoms with Gasteiger partial charge in [-0.1, -0.05) is 0 Å². The van der Waals surface area contributed by atoms with Crippen LogP contribution in [0.2, 0.25) is 0 Å². The van der Waals surface area contributed by atoms with Gasteiger partial charge in [-0.05, 0) is 46.2 Å². The number of piperidine rings is 1. The van der Waals surface area contributed by atoms with Gasteiger partial charge in [0.1, 0.15) is 0 Å². The van der Waals surface area contributed by atoms with Gasteiger partial charge in [-0.25, -0.2) is 0 Å². The highest BCUT2D eigenvalue weighted by Gasteiger charge is 2.22. The first-order valence-electron chi connectivity index (χ1n) is 6.13. The number of rotatable bonds is 5. The first kappa shape index (κ1) is 13.5. The maximum absolute atomic E-state index is 10.8. The van der Waals surface area contributed by atoms with Crippen LogP contribution in [0.5, 0.6) is 0 Å². The summed E-state index contributed by atoms with van der Waals surface area (Å²) in [5.41, 5.74) is 0. The van der Waals surface area contributed by atoms with Crippen LogP contribution in [0.25, 0.3) is 0 Å². The Morgan fingerprint density at radius 1 is 1.56 bits per heavy atom. The highest BCUT2D eigenvalue weighted by molar-refractivity contribution is 5.69. The molecule has 1 atom stereocenters. The molecule has 0 aromatic heterocycles. The Bertz CT molecular complexity index is 231. The van der Waals surface area contributed by atoms with Gasteiger partial charge in [0.25, 0.3) is 0 Å². The van der Waals surface area contributed by atoms with Crippen molar-refractivity contribution in [2.45, 2.75) is 32.7 Å². The van der Waals surface area contributed by atoms with Gasteiger partial charge in [-0.15, -0.1) is 0 Å². The standard InChI is InChI=1S/C12H24N2O2/c1-10(2)14(9-12(15)16)8-11-5-4-6-13(3)7-11/h10-11H,4-9H2,1-3H3,(H,15,16). The lowest BCUT2D eigenvalue weighted by atomic mass is 9.97. The SMILES string of the molecule is CC(C)N(CC(=O)O)CC1CCCN(C)C1. The molecule has 0 amide bonds. The molecular weight excluding hydrogens is 204 g/mol. The summed E-state index contributed by atoms with van der Waals surface area (Å²) in [5.74, 6) is -0.0987. The summed E-state index contributed by atoms with van der Waals surface area (Å²) in [6.45, 7) is 7.48. The fraction of sp³-hybridized carbons (Fsp3) is 0.917. The van der Waals surface area contributed by atoms with Crippen LogP contribution in [0, 0.1) is 5.92 Å². The molecule has 1 fully saturated rings. The summed E-state index contributed by atoms with van der Waals surface area (Å²) in [4.78, 5) is 15.2. The molecule has 1 saturated heterocycles. The number of carbonyl (C=O) groups is 1. The van der Waals surface area contributed by atoms with Crippen molar-refractivity contribution in [3.8, 4) is 0 Å². The predicted molar refractivity (Wildman–Crippen MR) is 64.6 cm³/mol. The Hall–Kier alpha value is -0.610. The predicted octanol–water partition coefficient (Wildman–Crippen LogP) is 1.12. The lowest BCUT2D eigenvalue weighted by molar-refractivity contribution is -0.139. The highest BCUT2D eigenvalue weighted by atomic mass is 16.4. The third-order valence-corrected chi connectivity index (χ3v) is 3.28. The van der Waals surface area contributed by atoms with Crippen LogP contribution in [0.1, 0.15) is 26.7 Å². The van der Waals surface area contributed by atoms with Gasteiger partial charge in [-0.2, -0.15) is 0 Å². The Labute approximate surface area is 98.2 Å². The molecule has 4 heteroatoms. The summed E-state index contributed by atoms with van der Waals surface area (Å²) in [7, 11) is 2.14. The second-order valence-corrected chi connectivity index (χ2v) is 5.19. The molecule has 0 aromatic rings. The molecule has 0 bridgehead atoms. The first-order chi connectivity index (χ1) is 7.49. The second-order valence-electron chi connectivity index (χ2n) is 5.19. The van der Waals surface area contributed by atoms with Gasteiger partial charge in [0, 0.05) is 19.1 Å². The smallest absolute Gasteiger partial charge is 0.317 e. The molecule has 0 aliphatic carbocycles. The molecule has 1 heterocycles. The zero-order chi connectivity index (χ0) is 12.1. The van der Waals surface area contributed by atoms with E-state index in [1.54, 1.807) is 0 Å². The summed E-state index contributed by atoms with van der Waals surface area (Å²) in [6, 6.07) is 0.309. The Morgan fingerprint density at radius 3 is 2.75 bits per heavy atom. The molecule has 4 nitrogen and oxygen atoms in total. The van der Waals surface area contributed by atoms with Crippen molar-refractivity contribution < 1.29 is 9.90 Å². The molecule has 94 valence electrons. The van der Waals surface area contributed by atoms with Crippen LogP contribution in [-0.4, -0.2) is 60.1 Å². The Kier molecular flexibility index (Phi) is 5.22. The van der Waals surface area contributed by atoms with E-state index in [1.165, 1.54) is 19.4 Å². The van der Waals surface area contributed by atoms with Gasteiger partial charge >= 0.3 is 5.97 Å². The van der Waals surface area contributed by atoms with Crippen LogP contribution < -0.4 is 0 Å². The maximum Gasteiger partial charge on any atom is 0.317 e. The lowest BCUT2D eigenvalue weighted by Crippen LogP contribution is -2.43. The van der Waals surface area contributed by atoms with E-state index >= 15 is 0 Å². The molecule has 1 rings (SSSR count). The average molecular weight is 228 g/mol. The summed E-state index contributed by atoms with van der Waals surface area (Å²) in [5, 5.41) is 8.86. The number of carboxylic acid groups (broad SMARTS) is 1. The Balaban J connectivity index is 2.44. The number of carboxylic acids is 1. The van der Waals surface area contributed by atoms with E-state index in [0.717, 1.165) is 13.1 Å². The summed E-state index contributed by atoms with van der Waals surface area (Å²) < 4.78 is 0. The molecule has 16 heavy (non-hydrogen) atoms. The van der Waals surface area contributed by atoms with Crippen molar-refractivity contribution in [3.63, 3.8) is 0 Å². The molecule has 1 unspecified atom stereocenters. The van der Waals surface area contributed by atoms with Gasteiger partial charge in [-0.3, -0.25) is 9.69 Å². The molecule has 0 saturated carbocycles. The van der Waals surface area contributed by atoms with Crippen LogP contribution in [0.4, 0.5) is 0 Å². The zero-order valence-electron chi connectivity index (χ0n) is 10.6. The molecule has 0 radical (unpaired) electrons. The van der Waals surface area contributed by atoms with E-state index in [9.17, 15) is 4.79 Å². The fourth-order valence-electron chi connectivity index (χ4n) is 2.39. The topological polar surface area (TPSA) is 43.8 Å². The molecular formula is C12H24N2O2. The zero-order valence-corrected chi connectivity index (χ0v) is 10.6. The van der Waals surface area contributed by atoms with Crippen molar-refractivity contribution in [2.24, 2.45) is 5.92 Å². The minimum atomic E-state index is -0.724. The molecule has 0 spiro atoms. The Morgan fingerprint density at radius 2 is 2.25 bits per heavy atom. The average Bonchev–Trinajstić information content (AvgIpc) is 2.15. The third-order valence-electron chi connectivity index (χ3n) is 3.28. The van der Waals surface area contributed by atoms with Crippen molar-refractivity contribution in [1.82, 2.24) is 9.80 Å². The first-order valence-corrected chi connectivity index (χ1v) is 6.13. The summed E-state index contributed by atoms with van der Waals surface area (Å²) >= 11 is 0. The number of likely N-dealkylation sites (tertiary alicyclic amines) is 1. The van der Waals surface area contributed by atoms with Crippen LogP contribution >= 0.6 is 0 Å². The monoisotopic (exact) mass is 228 g/mol. The molecule has 1 N–H and O–H groups in total. The maximum atomic E-state index is 10.8. The fourth-order valence-corrected chi connectivity index (χ4v) is 2.39. The number of hydrogen-bond donors (Lipinski definition) is 1. The van der Waals surface area contributed by atoms with E-state index in [0.29, 0.717) is 12.0 Å². The highest BCUT2D eigenvalue weighted by Crippen LogP contribution is 2.17. The third kappa shape index (κ3) is 4.49. The molecule has 0 aromatic carbocycles. The largest absolute Gasteiger partial charge is 0.480 e. The van der Waals surface area contributed by atoms with Gasteiger partial charge < -0.3 is 10.0 Å².